The zero-order chi connectivity index (χ0) is 16.1. The molecule has 0 aliphatic heterocycles. The largest absolute Gasteiger partial charge is 0.488 e. The summed E-state index contributed by atoms with van der Waals surface area (Å²) >= 11 is 0. The number of carbonyl (C=O) groups excluding carboxylic acids is 1. The summed E-state index contributed by atoms with van der Waals surface area (Å²) < 4.78 is 10.8. The molecule has 6 heteroatoms. The van der Waals surface area contributed by atoms with Crippen LogP contribution in [-0.2, 0) is 4.74 Å². The van der Waals surface area contributed by atoms with Gasteiger partial charge in [-0.25, -0.2) is 4.79 Å². The number of hydrogen-bond acceptors (Lipinski definition) is 5. The molecule has 118 valence electrons. The van der Waals surface area contributed by atoms with Crippen molar-refractivity contribution in [3.8, 4) is 11.5 Å². The van der Waals surface area contributed by atoms with Crippen molar-refractivity contribution in [2.45, 2.75) is 20.0 Å². The highest BCUT2D eigenvalue weighted by Gasteiger charge is 2.12. The molecule has 22 heavy (non-hydrogen) atoms. The van der Waals surface area contributed by atoms with Crippen LogP contribution >= 0.6 is 0 Å². The molecule has 2 aromatic rings. The highest BCUT2D eigenvalue weighted by Crippen LogP contribution is 2.22. The maximum absolute atomic E-state index is 11.8. The summed E-state index contributed by atoms with van der Waals surface area (Å²) in [7, 11) is -1.51. The molecule has 0 heterocycles. The molecule has 2 rings (SSSR count). The van der Waals surface area contributed by atoms with E-state index in [1.807, 2.05) is 0 Å². The molecule has 0 amide bonds. The summed E-state index contributed by atoms with van der Waals surface area (Å²) in [6.45, 7) is 3.57. The van der Waals surface area contributed by atoms with Gasteiger partial charge < -0.3 is 19.5 Å². The molecule has 0 saturated carbocycles. The minimum atomic E-state index is -1.51. The van der Waals surface area contributed by atoms with Gasteiger partial charge in [-0.1, -0.05) is 18.2 Å². The van der Waals surface area contributed by atoms with E-state index in [1.165, 1.54) is 0 Å². The van der Waals surface area contributed by atoms with Crippen molar-refractivity contribution in [3.63, 3.8) is 0 Å². The summed E-state index contributed by atoms with van der Waals surface area (Å²) in [5.41, 5.74) is 0.787. The molecule has 0 atom stereocenters. The second kappa shape index (κ2) is 7.11. The van der Waals surface area contributed by atoms with Crippen molar-refractivity contribution in [1.29, 1.82) is 0 Å². The van der Waals surface area contributed by atoms with Crippen LogP contribution in [0.5, 0.6) is 11.5 Å². The number of esters is 1. The minimum Gasteiger partial charge on any atom is -0.459 e. The predicted molar refractivity (Wildman–Crippen MR) is 87.6 cm³/mol. The molecule has 0 aromatic heterocycles. The Kier molecular flexibility index (Phi) is 5.19. The van der Waals surface area contributed by atoms with Crippen LogP contribution in [0.1, 0.15) is 27.1 Å². The number of carbonyl (C=O) groups is 1. The van der Waals surface area contributed by atoms with E-state index in [0.717, 1.165) is 0 Å². The van der Waals surface area contributed by atoms with Gasteiger partial charge in [0.15, 0.2) is 0 Å². The Morgan fingerprint density at radius 3 is 2.36 bits per heavy atom. The molecule has 0 unspecified atom stereocenters. The fourth-order valence-corrected chi connectivity index (χ4v) is 1.81. The molecule has 0 spiro atoms. The Morgan fingerprint density at radius 2 is 1.77 bits per heavy atom. The Labute approximate surface area is 132 Å². The molecular weight excluding hydrogens is 283 g/mol. The van der Waals surface area contributed by atoms with Crippen LogP contribution in [0.15, 0.2) is 48.5 Å². The fourth-order valence-electron chi connectivity index (χ4n) is 1.81. The molecule has 5 nitrogen and oxygen atoms in total. The SMILES string of the molecule is CC(C)OC(=O)c1cccc(Oc2ccc(B(O)O)cc2)c1.[HH].[HH]. The zero-order valence-corrected chi connectivity index (χ0v) is 12.4. The summed E-state index contributed by atoms with van der Waals surface area (Å²) in [4.78, 5) is 11.8. The van der Waals surface area contributed by atoms with Gasteiger partial charge in [0.1, 0.15) is 11.5 Å². The van der Waals surface area contributed by atoms with Gasteiger partial charge in [-0.2, -0.15) is 0 Å². The molecule has 0 aliphatic rings. The van der Waals surface area contributed by atoms with E-state index in [9.17, 15) is 4.79 Å². The lowest BCUT2D eigenvalue weighted by Crippen LogP contribution is -2.29. The first-order valence-electron chi connectivity index (χ1n) is 6.90. The van der Waals surface area contributed by atoms with E-state index < -0.39 is 13.1 Å². The van der Waals surface area contributed by atoms with Gasteiger partial charge in [-0.3, -0.25) is 0 Å². The van der Waals surface area contributed by atoms with Crippen LogP contribution in [0.4, 0.5) is 0 Å². The van der Waals surface area contributed by atoms with Crippen molar-refractivity contribution in [1.82, 2.24) is 0 Å². The van der Waals surface area contributed by atoms with Crippen molar-refractivity contribution >= 4 is 18.6 Å². The average Bonchev–Trinajstić information content (AvgIpc) is 2.47. The lowest BCUT2D eigenvalue weighted by atomic mass is 9.80. The van der Waals surface area contributed by atoms with Gasteiger partial charge in [0.2, 0.25) is 0 Å². The lowest BCUT2D eigenvalue weighted by molar-refractivity contribution is 0.0377. The van der Waals surface area contributed by atoms with E-state index in [4.69, 9.17) is 19.5 Å². The van der Waals surface area contributed by atoms with E-state index in [1.54, 1.807) is 62.4 Å². The molecule has 0 radical (unpaired) electrons. The number of benzene rings is 2. The summed E-state index contributed by atoms with van der Waals surface area (Å²) in [5, 5.41) is 18.1. The Morgan fingerprint density at radius 1 is 1.09 bits per heavy atom. The highest BCUT2D eigenvalue weighted by molar-refractivity contribution is 6.58. The molecular formula is C16H21BO5. The van der Waals surface area contributed by atoms with E-state index in [-0.39, 0.29) is 8.96 Å². The van der Waals surface area contributed by atoms with Gasteiger partial charge in [0.25, 0.3) is 0 Å². The van der Waals surface area contributed by atoms with Crippen LogP contribution in [-0.4, -0.2) is 29.2 Å². The maximum atomic E-state index is 11.8. The third kappa shape index (κ3) is 4.34. The standard InChI is InChI=1S/C16H17BO5.2H2/c1-11(2)21-16(18)12-4-3-5-15(10-12)22-14-8-6-13(7-9-14)17(19)20;;/h3-11,19-20H,1-2H3;2*1H. The lowest BCUT2D eigenvalue weighted by Gasteiger charge is -2.10. The molecule has 0 aliphatic carbocycles. The molecule has 0 fully saturated rings. The average molecular weight is 304 g/mol. The first-order valence-corrected chi connectivity index (χ1v) is 6.90. The molecule has 2 aromatic carbocycles. The van der Waals surface area contributed by atoms with Gasteiger partial charge in [-0.05, 0) is 49.6 Å². The number of rotatable bonds is 5. The number of ether oxygens (including phenoxy) is 2. The second-order valence-electron chi connectivity index (χ2n) is 5.03. The molecule has 0 saturated heterocycles. The van der Waals surface area contributed by atoms with E-state index in [0.29, 0.717) is 22.5 Å². The van der Waals surface area contributed by atoms with E-state index in [2.05, 4.69) is 0 Å². The highest BCUT2D eigenvalue weighted by atomic mass is 16.5. The predicted octanol–water partition coefficient (Wildman–Crippen LogP) is 2.22. The fraction of sp³-hybridized carbons (Fsp3) is 0.188. The topological polar surface area (TPSA) is 76.0 Å². The maximum Gasteiger partial charge on any atom is 0.488 e. The van der Waals surface area contributed by atoms with Crippen molar-refractivity contribution < 1.29 is 27.2 Å². The van der Waals surface area contributed by atoms with Gasteiger partial charge >= 0.3 is 13.1 Å². The van der Waals surface area contributed by atoms with Gasteiger partial charge in [-0.15, -0.1) is 0 Å². The molecule has 2 N–H and O–H groups in total. The van der Waals surface area contributed by atoms with Crippen LogP contribution in [0.2, 0.25) is 0 Å². The molecule has 0 bridgehead atoms. The van der Waals surface area contributed by atoms with Crippen LogP contribution in [0.25, 0.3) is 0 Å². The summed E-state index contributed by atoms with van der Waals surface area (Å²) in [6.07, 6.45) is -0.186. The van der Waals surface area contributed by atoms with Crippen LogP contribution < -0.4 is 10.2 Å². The Hall–Kier alpha value is -2.31. The smallest absolute Gasteiger partial charge is 0.459 e. The first-order chi connectivity index (χ1) is 10.5. The Bertz CT molecular complexity index is 647. The third-order valence-electron chi connectivity index (χ3n) is 2.83. The first kappa shape index (κ1) is 16.1. The van der Waals surface area contributed by atoms with Crippen molar-refractivity contribution in [3.05, 3.63) is 54.1 Å². The summed E-state index contributed by atoms with van der Waals surface area (Å²) in [5.74, 6) is 0.619. The van der Waals surface area contributed by atoms with Crippen molar-refractivity contribution in [2.24, 2.45) is 0 Å². The quantitative estimate of drug-likeness (QED) is 0.654. The monoisotopic (exact) mass is 304 g/mol. The van der Waals surface area contributed by atoms with E-state index >= 15 is 0 Å². The number of hydrogen-bond donors (Lipinski definition) is 2. The third-order valence-corrected chi connectivity index (χ3v) is 2.83. The van der Waals surface area contributed by atoms with Gasteiger partial charge in [0, 0.05) is 2.85 Å². The van der Waals surface area contributed by atoms with Crippen molar-refractivity contribution in [2.75, 3.05) is 0 Å². The zero-order valence-electron chi connectivity index (χ0n) is 12.4. The normalized spacial score (nSPS) is 10.4. The minimum absolute atomic E-state index is 0. The van der Waals surface area contributed by atoms with Crippen LogP contribution in [0, 0.1) is 0 Å². The van der Waals surface area contributed by atoms with Crippen LogP contribution in [0.3, 0.4) is 0 Å². The summed E-state index contributed by atoms with van der Waals surface area (Å²) in [6, 6.07) is 13.0. The second-order valence-corrected chi connectivity index (χ2v) is 5.03. The van der Waals surface area contributed by atoms with Gasteiger partial charge in [0.05, 0.1) is 11.7 Å². The Balaban J connectivity index is 0.00000264.